The van der Waals surface area contributed by atoms with E-state index in [-0.39, 0.29) is 5.41 Å². The minimum Gasteiger partial charge on any atom is -0.493 e. The number of benzene rings is 1. The maximum Gasteiger partial charge on any atom is 0.123 e. The number of oxime groups is 1. The number of hydrogen-bond acceptors (Lipinski definition) is 4. The molecule has 4 nitrogen and oxygen atoms in total. The molecule has 0 fully saturated rings. The molecule has 0 radical (unpaired) electrons. The van der Waals surface area contributed by atoms with Crippen LogP contribution in [-0.4, -0.2) is 17.5 Å². The molecule has 0 amide bonds. The minimum atomic E-state index is -0.295. The number of nitrogens with zero attached hydrogens (tertiary/aromatic N) is 2. The van der Waals surface area contributed by atoms with Gasteiger partial charge in [0.25, 0.3) is 0 Å². The first-order chi connectivity index (χ1) is 10.1. The highest BCUT2D eigenvalue weighted by molar-refractivity contribution is 6.02. The zero-order chi connectivity index (χ0) is 15.3. The first kappa shape index (κ1) is 15.4. The van der Waals surface area contributed by atoms with Gasteiger partial charge >= 0.3 is 0 Å². The SMILES string of the molecule is CC(C)(C#N)CCCOc1cccc2c1CCCC2=NO. The van der Waals surface area contributed by atoms with Crippen molar-refractivity contribution in [3.63, 3.8) is 0 Å². The van der Waals surface area contributed by atoms with Crippen molar-refractivity contribution in [1.82, 2.24) is 0 Å². The second kappa shape index (κ2) is 6.62. The summed E-state index contributed by atoms with van der Waals surface area (Å²) in [5, 5.41) is 21.5. The molecule has 1 aromatic carbocycles. The zero-order valence-electron chi connectivity index (χ0n) is 12.7. The monoisotopic (exact) mass is 286 g/mol. The third-order valence-electron chi connectivity index (χ3n) is 3.91. The number of ether oxygens (including phenoxy) is 1. The summed E-state index contributed by atoms with van der Waals surface area (Å²) in [5.41, 5.74) is 2.58. The normalized spacial score (nSPS) is 16.3. The van der Waals surface area contributed by atoms with Gasteiger partial charge in [-0.1, -0.05) is 17.3 Å². The average molecular weight is 286 g/mol. The fourth-order valence-corrected chi connectivity index (χ4v) is 2.65. The van der Waals surface area contributed by atoms with Crippen LogP contribution in [0.3, 0.4) is 0 Å². The Morgan fingerprint density at radius 2 is 2.19 bits per heavy atom. The number of hydrogen-bond donors (Lipinski definition) is 1. The predicted octanol–water partition coefficient (Wildman–Crippen LogP) is 3.91. The lowest BCUT2D eigenvalue weighted by molar-refractivity contribution is 0.281. The van der Waals surface area contributed by atoms with Crippen molar-refractivity contribution in [3.05, 3.63) is 29.3 Å². The van der Waals surface area contributed by atoms with Gasteiger partial charge in [-0.2, -0.15) is 5.26 Å². The smallest absolute Gasteiger partial charge is 0.123 e. The number of nitriles is 1. The first-order valence-corrected chi connectivity index (χ1v) is 7.44. The Hall–Kier alpha value is -2.02. The van der Waals surface area contributed by atoms with Crippen molar-refractivity contribution in [3.8, 4) is 11.8 Å². The van der Waals surface area contributed by atoms with Crippen LogP contribution in [0.25, 0.3) is 0 Å². The van der Waals surface area contributed by atoms with E-state index in [0.717, 1.165) is 54.7 Å². The Bertz CT molecular complexity index is 571. The quantitative estimate of drug-likeness (QED) is 0.507. The molecule has 0 unspecified atom stereocenters. The highest BCUT2D eigenvalue weighted by Gasteiger charge is 2.20. The maximum atomic E-state index is 9.08. The van der Waals surface area contributed by atoms with Gasteiger partial charge in [-0.05, 0) is 52.0 Å². The Labute approximate surface area is 126 Å². The molecule has 2 rings (SSSR count). The fraction of sp³-hybridized carbons (Fsp3) is 0.529. The van der Waals surface area contributed by atoms with Crippen molar-refractivity contribution in [2.24, 2.45) is 10.6 Å². The number of fused-ring (bicyclic) bond motifs is 1. The summed E-state index contributed by atoms with van der Waals surface area (Å²) in [4.78, 5) is 0. The van der Waals surface area contributed by atoms with Crippen molar-refractivity contribution < 1.29 is 9.94 Å². The minimum absolute atomic E-state index is 0.295. The van der Waals surface area contributed by atoms with Crippen molar-refractivity contribution in [2.45, 2.75) is 46.0 Å². The molecular weight excluding hydrogens is 264 g/mol. The Morgan fingerprint density at radius 3 is 2.90 bits per heavy atom. The molecule has 0 bridgehead atoms. The third kappa shape index (κ3) is 3.75. The van der Waals surface area contributed by atoms with Crippen LogP contribution in [0.4, 0.5) is 0 Å². The van der Waals surface area contributed by atoms with E-state index in [4.69, 9.17) is 15.2 Å². The van der Waals surface area contributed by atoms with Crippen LogP contribution >= 0.6 is 0 Å². The molecule has 1 aliphatic rings. The van der Waals surface area contributed by atoms with E-state index in [1.165, 1.54) is 0 Å². The Kier molecular flexibility index (Phi) is 4.85. The Balaban J connectivity index is 2.01. The van der Waals surface area contributed by atoms with Gasteiger partial charge in [0.15, 0.2) is 0 Å². The molecule has 1 aromatic rings. The van der Waals surface area contributed by atoms with Gasteiger partial charge in [0.05, 0.1) is 23.8 Å². The van der Waals surface area contributed by atoms with Crippen molar-refractivity contribution in [1.29, 1.82) is 5.26 Å². The lowest BCUT2D eigenvalue weighted by atomic mass is 9.89. The van der Waals surface area contributed by atoms with Gasteiger partial charge in [-0.15, -0.1) is 0 Å². The fourth-order valence-electron chi connectivity index (χ4n) is 2.65. The topological polar surface area (TPSA) is 65.6 Å². The summed E-state index contributed by atoms with van der Waals surface area (Å²) in [5.74, 6) is 0.878. The van der Waals surface area contributed by atoms with Gasteiger partial charge in [0, 0.05) is 11.1 Å². The van der Waals surface area contributed by atoms with Gasteiger partial charge in [0.2, 0.25) is 0 Å². The van der Waals surface area contributed by atoms with E-state index in [1.807, 2.05) is 32.0 Å². The maximum absolute atomic E-state index is 9.08. The second-order valence-electron chi connectivity index (χ2n) is 6.13. The molecule has 0 atom stereocenters. The molecule has 0 heterocycles. The third-order valence-corrected chi connectivity index (χ3v) is 3.91. The summed E-state index contributed by atoms with van der Waals surface area (Å²) >= 11 is 0. The largest absolute Gasteiger partial charge is 0.493 e. The highest BCUT2D eigenvalue weighted by atomic mass is 16.5. The molecule has 4 heteroatoms. The standard InChI is InChI=1S/C17H22N2O2/c1-17(2,12-18)10-5-11-21-16-9-4-6-13-14(16)7-3-8-15(13)19-20/h4,6,9,20H,3,5,7-8,10-11H2,1-2H3. The molecule has 1 aliphatic carbocycles. The second-order valence-corrected chi connectivity index (χ2v) is 6.13. The summed E-state index contributed by atoms with van der Waals surface area (Å²) in [6, 6.07) is 8.19. The lowest BCUT2D eigenvalue weighted by Gasteiger charge is -2.21. The van der Waals surface area contributed by atoms with Gasteiger partial charge in [-0.3, -0.25) is 0 Å². The van der Waals surface area contributed by atoms with E-state index in [9.17, 15) is 0 Å². The van der Waals surface area contributed by atoms with Crippen LogP contribution in [0.1, 0.15) is 50.7 Å². The van der Waals surface area contributed by atoms with Gasteiger partial charge in [-0.25, -0.2) is 0 Å². The molecule has 21 heavy (non-hydrogen) atoms. The van der Waals surface area contributed by atoms with Crippen molar-refractivity contribution in [2.75, 3.05) is 6.61 Å². The lowest BCUT2D eigenvalue weighted by Crippen LogP contribution is -2.14. The molecule has 0 saturated carbocycles. The number of rotatable bonds is 5. The molecule has 112 valence electrons. The van der Waals surface area contributed by atoms with E-state index in [1.54, 1.807) is 0 Å². The highest BCUT2D eigenvalue weighted by Crippen LogP contribution is 2.30. The van der Waals surface area contributed by atoms with Crippen molar-refractivity contribution >= 4 is 5.71 Å². The molecule has 0 saturated heterocycles. The average Bonchev–Trinajstić information content (AvgIpc) is 2.51. The van der Waals surface area contributed by atoms with E-state index in [2.05, 4.69) is 11.2 Å². The van der Waals surface area contributed by atoms with Crippen LogP contribution in [-0.2, 0) is 6.42 Å². The molecule has 0 aromatic heterocycles. The zero-order valence-corrected chi connectivity index (χ0v) is 12.7. The molecule has 0 aliphatic heterocycles. The van der Waals surface area contributed by atoms with Gasteiger partial charge < -0.3 is 9.94 Å². The Morgan fingerprint density at radius 1 is 1.38 bits per heavy atom. The van der Waals surface area contributed by atoms with Crippen LogP contribution in [0.5, 0.6) is 5.75 Å². The van der Waals surface area contributed by atoms with E-state index < -0.39 is 0 Å². The molecule has 1 N–H and O–H groups in total. The summed E-state index contributed by atoms with van der Waals surface area (Å²) < 4.78 is 5.89. The first-order valence-electron chi connectivity index (χ1n) is 7.44. The van der Waals surface area contributed by atoms with Crippen LogP contribution in [0, 0.1) is 16.7 Å². The summed E-state index contributed by atoms with van der Waals surface area (Å²) in [6.45, 7) is 4.50. The van der Waals surface area contributed by atoms with Gasteiger partial charge in [0.1, 0.15) is 5.75 Å². The van der Waals surface area contributed by atoms with Crippen LogP contribution in [0.2, 0.25) is 0 Å². The molecular formula is C17H22N2O2. The van der Waals surface area contributed by atoms with E-state index in [0.29, 0.717) is 6.61 Å². The predicted molar refractivity (Wildman–Crippen MR) is 81.8 cm³/mol. The summed E-state index contributed by atoms with van der Waals surface area (Å²) in [6.07, 6.45) is 4.42. The molecule has 0 spiro atoms. The van der Waals surface area contributed by atoms with E-state index >= 15 is 0 Å². The summed E-state index contributed by atoms with van der Waals surface area (Å²) in [7, 11) is 0. The van der Waals surface area contributed by atoms with Crippen LogP contribution in [0.15, 0.2) is 23.4 Å². The van der Waals surface area contributed by atoms with Crippen LogP contribution < -0.4 is 4.74 Å².